The third kappa shape index (κ3) is 4.29. The molecule has 0 fully saturated rings. The van der Waals surface area contributed by atoms with Gasteiger partial charge in [-0.25, -0.2) is 5.43 Å². The summed E-state index contributed by atoms with van der Waals surface area (Å²) in [6.07, 6.45) is 1.54. The summed E-state index contributed by atoms with van der Waals surface area (Å²) in [4.78, 5) is 11.9. The van der Waals surface area contributed by atoms with Crippen LogP contribution in [0.25, 0.3) is 11.1 Å². The third-order valence-electron chi connectivity index (χ3n) is 4.13. The maximum Gasteiger partial charge on any atom is 0.277 e. The van der Waals surface area contributed by atoms with Crippen molar-refractivity contribution in [1.29, 1.82) is 0 Å². The highest BCUT2D eigenvalue weighted by atomic mass is 16.7. The van der Waals surface area contributed by atoms with Crippen LogP contribution in [0.15, 0.2) is 77.9 Å². The lowest BCUT2D eigenvalue weighted by Gasteiger charge is -2.06. The molecule has 6 heteroatoms. The van der Waals surface area contributed by atoms with E-state index in [4.69, 9.17) is 14.2 Å². The first-order valence-electron chi connectivity index (χ1n) is 8.78. The normalized spacial score (nSPS) is 12.1. The van der Waals surface area contributed by atoms with E-state index in [2.05, 4.69) is 10.5 Å². The average Bonchev–Trinajstić information content (AvgIpc) is 3.21. The molecule has 0 saturated heterocycles. The predicted octanol–water partition coefficient (Wildman–Crippen LogP) is 3.61. The molecule has 28 heavy (non-hydrogen) atoms. The summed E-state index contributed by atoms with van der Waals surface area (Å²) >= 11 is 0. The van der Waals surface area contributed by atoms with Crippen LogP contribution in [0, 0.1) is 0 Å². The Bertz CT molecular complexity index is 985. The fourth-order valence-electron chi connectivity index (χ4n) is 2.73. The largest absolute Gasteiger partial charge is 0.484 e. The van der Waals surface area contributed by atoms with Gasteiger partial charge in [0.25, 0.3) is 5.91 Å². The number of nitrogens with zero attached hydrogens (tertiary/aromatic N) is 1. The monoisotopic (exact) mass is 374 g/mol. The van der Waals surface area contributed by atoms with Crippen molar-refractivity contribution >= 4 is 12.1 Å². The van der Waals surface area contributed by atoms with Gasteiger partial charge in [0.1, 0.15) is 5.75 Å². The van der Waals surface area contributed by atoms with Crippen molar-refractivity contribution in [1.82, 2.24) is 5.43 Å². The lowest BCUT2D eigenvalue weighted by atomic mass is 10.1. The van der Waals surface area contributed by atoms with Crippen LogP contribution in [0.5, 0.6) is 17.2 Å². The fraction of sp³-hybridized carbons (Fsp3) is 0.0909. The Balaban J connectivity index is 1.26. The fourth-order valence-corrected chi connectivity index (χ4v) is 2.73. The Kier molecular flexibility index (Phi) is 5.20. The van der Waals surface area contributed by atoms with Crippen LogP contribution in [0.2, 0.25) is 0 Å². The Morgan fingerprint density at radius 2 is 1.71 bits per heavy atom. The van der Waals surface area contributed by atoms with Crippen LogP contribution in [0.1, 0.15) is 5.56 Å². The average molecular weight is 374 g/mol. The van der Waals surface area contributed by atoms with E-state index in [9.17, 15) is 4.79 Å². The first kappa shape index (κ1) is 17.6. The molecule has 1 aliphatic rings. The van der Waals surface area contributed by atoms with Gasteiger partial charge in [0.15, 0.2) is 18.1 Å². The van der Waals surface area contributed by atoms with Crippen LogP contribution >= 0.6 is 0 Å². The number of hydrazone groups is 1. The minimum Gasteiger partial charge on any atom is -0.484 e. The van der Waals surface area contributed by atoms with Crippen molar-refractivity contribution in [2.75, 3.05) is 13.4 Å². The second-order valence-corrected chi connectivity index (χ2v) is 6.08. The zero-order valence-corrected chi connectivity index (χ0v) is 15.0. The van der Waals surface area contributed by atoms with E-state index < -0.39 is 0 Å². The van der Waals surface area contributed by atoms with Gasteiger partial charge in [-0.2, -0.15) is 5.10 Å². The van der Waals surface area contributed by atoms with E-state index in [1.807, 2.05) is 60.7 Å². The molecule has 0 atom stereocenters. The Morgan fingerprint density at radius 3 is 2.54 bits per heavy atom. The van der Waals surface area contributed by atoms with Gasteiger partial charge in [-0.05, 0) is 47.0 Å². The summed E-state index contributed by atoms with van der Waals surface area (Å²) < 4.78 is 16.0. The molecule has 0 aromatic heterocycles. The molecule has 0 bridgehead atoms. The van der Waals surface area contributed by atoms with Gasteiger partial charge in [0.2, 0.25) is 6.79 Å². The number of amides is 1. The van der Waals surface area contributed by atoms with Crippen LogP contribution in [-0.2, 0) is 4.79 Å². The molecule has 1 heterocycles. The highest BCUT2D eigenvalue weighted by Crippen LogP contribution is 2.31. The summed E-state index contributed by atoms with van der Waals surface area (Å²) in [5, 5.41) is 3.93. The molecule has 0 saturated carbocycles. The van der Waals surface area contributed by atoms with E-state index >= 15 is 0 Å². The van der Waals surface area contributed by atoms with Crippen molar-refractivity contribution in [3.63, 3.8) is 0 Å². The molecule has 4 rings (SSSR count). The number of nitrogens with one attached hydrogen (secondary N) is 1. The van der Waals surface area contributed by atoms with Crippen LogP contribution < -0.4 is 19.6 Å². The van der Waals surface area contributed by atoms with Crippen molar-refractivity contribution < 1.29 is 19.0 Å². The topological polar surface area (TPSA) is 69.2 Å². The molecule has 1 N–H and O–H groups in total. The van der Waals surface area contributed by atoms with Gasteiger partial charge < -0.3 is 14.2 Å². The van der Waals surface area contributed by atoms with E-state index in [-0.39, 0.29) is 19.3 Å². The Labute approximate surface area is 162 Å². The first-order chi connectivity index (χ1) is 13.8. The van der Waals surface area contributed by atoms with Gasteiger partial charge in [-0.3, -0.25) is 4.79 Å². The lowest BCUT2D eigenvalue weighted by molar-refractivity contribution is -0.123. The maximum atomic E-state index is 11.9. The molecule has 0 unspecified atom stereocenters. The number of fused-ring (bicyclic) bond motifs is 1. The number of ether oxygens (including phenoxy) is 3. The van der Waals surface area contributed by atoms with E-state index in [0.717, 1.165) is 16.7 Å². The van der Waals surface area contributed by atoms with Gasteiger partial charge >= 0.3 is 0 Å². The van der Waals surface area contributed by atoms with Crippen molar-refractivity contribution in [3.8, 4) is 28.4 Å². The van der Waals surface area contributed by atoms with Gasteiger partial charge in [-0.15, -0.1) is 0 Å². The zero-order chi connectivity index (χ0) is 19.2. The molecule has 140 valence electrons. The molecule has 0 spiro atoms. The molecule has 6 nitrogen and oxygen atoms in total. The number of hydrogen-bond acceptors (Lipinski definition) is 5. The van der Waals surface area contributed by atoms with Gasteiger partial charge in [-0.1, -0.05) is 42.5 Å². The van der Waals surface area contributed by atoms with Crippen LogP contribution in [0.3, 0.4) is 0 Å². The molecular formula is C22H18N2O4. The van der Waals surface area contributed by atoms with Gasteiger partial charge in [0, 0.05) is 0 Å². The van der Waals surface area contributed by atoms with Crippen molar-refractivity contribution in [3.05, 3.63) is 78.4 Å². The summed E-state index contributed by atoms with van der Waals surface area (Å²) in [5.41, 5.74) is 5.45. The summed E-state index contributed by atoms with van der Waals surface area (Å²) in [5.74, 6) is 1.64. The lowest BCUT2D eigenvalue weighted by Crippen LogP contribution is -2.24. The van der Waals surface area contributed by atoms with Gasteiger partial charge in [0.05, 0.1) is 6.21 Å². The Morgan fingerprint density at radius 1 is 0.964 bits per heavy atom. The summed E-state index contributed by atoms with van der Waals surface area (Å²) in [6.45, 7) is 0.0967. The third-order valence-corrected chi connectivity index (χ3v) is 4.13. The van der Waals surface area contributed by atoms with Crippen LogP contribution in [-0.4, -0.2) is 25.5 Å². The SMILES string of the molecule is O=C(COc1ccc(-c2ccccc2)cc1)N/N=C/c1ccc2c(c1)OCO2. The zero-order valence-electron chi connectivity index (χ0n) is 15.0. The molecule has 3 aromatic rings. The van der Waals surface area contributed by atoms with E-state index in [0.29, 0.717) is 17.2 Å². The molecule has 0 aliphatic carbocycles. The van der Waals surface area contributed by atoms with E-state index in [1.54, 1.807) is 12.1 Å². The highest BCUT2D eigenvalue weighted by Gasteiger charge is 2.12. The molecular weight excluding hydrogens is 356 g/mol. The number of carbonyl (C=O) groups excluding carboxylic acids is 1. The molecule has 1 amide bonds. The molecule has 3 aromatic carbocycles. The number of carbonyl (C=O) groups is 1. The minimum atomic E-state index is -0.343. The quantitative estimate of drug-likeness (QED) is 0.529. The molecule has 0 radical (unpaired) electrons. The minimum absolute atomic E-state index is 0.122. The Hall–Kier alpha value is -3.80. The smallest absolute Gasteiger partial charge is 0.277 e. The second-order valence-electron chi connectivity index (χ2n) is 6.08. The number of benzene rings is 3. The maximum absolute atomic E-state index is 11.9. The number of hydrogen-bond donors (Lipinski definition) is 1. The number of rotatable bonds is 6. The standard InChI is InChI=1S/C22H18N2O4/c25-22(24-23-13-16-6-11-20-21(12-16)28-15-27-20)14-26-19-9-7-18(8-10-19)17-4-2-1-3-5-17/h1-13H,14-15H2,(H,24,25)/b23-13+. The molecule has 1 aliphatic heterocycles. The second kappa shape index (κ2) is 8.26. The van der Waals surface area contributed by atoms with E-state index in [1.165, 1.54) is 6.21 Å². The highest BCUT2D eigenvalue weighted by molar-refractivity contribution is 5.83. The van der Waals surface area contributed by atoms with Crippen molar-refractivity contribution in [2.24, 2.45) is 5.10 Å². The van der Waals surface area contributed by atoms with Crippen LogP contribution in [0.4, 0.5) is 0 Å². The predicted molar refractivity (Wildman–Crippen MR) is 106 cm³/mol. The van der Waals surface area contributed by atoms with Crippen molar-refractivity contribution in [2.45, 2.75) is 0 Å². The summed E-state index contributed by atoms with van der Waals surface area (Å²) in [6, 6.07) is 23.1. The summed E-state index contributed by atoms with van der Waals surface area (Å²) in [7, 11) is 0. The first-order valence-corrected chi connectivity index (χ1v) is 8.78.